The molecule has 21 heavy (non-hydrogen) atoms. The zero-order valence-corrected chi connectivity index (χ0v) is 11.7. The highest BCUT2D eigenvalue weighted by molar-refractivity contribution is 6.08. The van der Waals surface area contributed by atoms with E-state index in [2.05, 4.69) is 0 Å². The van der Waals surface area contributed by atoms with Crippen molar-refractivity contribution in [1.82, 2.24) is 9.80 Å². The number of allylic oxidation sites excluding steroid dienone is 1. The molecule has 0 bridgehead atoms. The summed E-state index contributed by atoms with van der Waals surface area (Å²) in [5, 5.41) is 19.9. The predicted molar refractivity (Wildman–Crippen MR) is 77.1 cm³/mol. The number of carbonyl (C=O) groups excluding carboxylic acids is 2. The van der Waals surface area contributed by atoms with Gasteiger partial charge in [0.25, 0.3) is 0 Å². The van der Waals surface area contributed by atoms with Gasteiger partial charge in [0, 0.05) is 14.1 Å². The first-order valence-electron chi connectivity index (χ1n) is 6.32. The first kappa shape index (κ1) is 14.8. The van der Waals surface area contributed by atoms with Gasteiger partial charge in [-0.05, 0) is 11.6 Å². The highest BCUT2D eigenvalue weighted by Crippen LogP contribution is 2.22. The number of carbonyl (C=O) groups is 2. The molecule has 1 unspecified atom stereocenters. The van der Waals surface area contributed by atoms with Crippen LogP contribution in [0.2, 0.25) is 0 Å². The summed E-state index contributed by atoms with van der Waals surface area (Å²) in [6, 6.07) is 8.55. The lowest BCUT2D eigenvalue weighted by Gasteiger charge is -2.34. The second-order valence-electron chi connectivity index (χ2n) is 4.67. The summed E-state index contributed by atoms with van der Waals surface area (Å²) in [6.07, 6.45) is 1.36. The molecule has 0 saturated carbocycles. The van der Waals surface area contributed by atoms with Crippen molar-refractivity contribution in [3.8, 4) is 0 Å². The van der Waals surface area contributed by atoms with Crippen molar-refractivity contribution in [3.05, 3.63) is 53.4 Å². The Morgan fingerprint density at radius 1 is 1.24 bits per heavy atom. The first-order chi connectivity index (χ1) is 9.93. The van der Waals surface area contributed by atoms with Crippen molar-refractivity contribution in [2.24, 2.45) is 0 Å². The van der Waals surface area contributed by atoms with Crippen LogP contribution in [0.4, 0.5) is 4.79 Å². The van der Waals surface area contributed by atoms with E-state index in [9.17, 15) is 19.8 Å². The third-order valence-corrected chi connectivity index (χ3v) is 3.26. The topological polar surface area (TPSA) is 81.1 Å². The maximum absolute atomic E-state index is 12.2. The lowest BCUT2D eigenvalue weighted by atomic mass is 10.1. The van der Waals surface area contributed by atoms with E-state index < -0.39 is 23.9 Å². The van der Waals surface area contributed by atoms with Crippen molar-refractivity contribution < 1.29 is 19.8 Å². The van der Waals surface area contributed by atoms with Crippen molar-refractivity contribution in [3.63, 3.8) is 0 Å². The van der Waals surface area contributed by atoms with Gasteiger partial charge in [-0.15, -0.1) is 0 Å². The minimum Gasteiger partial charge on any atom is -0.494 e. The van der Waals surface area contributed by atoms with Gasteiger partial charge in [0.1, 0.15) is 5.57 Å². The minimum atomic E-state index is -1.47. The lowest BCUT2D eigenvalue weighted by molar-refractivity contribution is -0.113. The Balaban J connectivity index is 2.29. The smallest absolute Gasteiger partial charge is 0.328 e. The molecule has 0 aliphatic carbocycles. The Morgan fingerprint density at radius 2 is 1.86 bits per heavy atom. The van der Waals surface area contributed by atoms with Crippen LogP contribution in [-0.4, -0.2) is 52.2 Å². The number of benzene rings is 1. The number of amides is 2. The molecule has 0 radical (unpaired) electrons. The summed E-state index contributed by atoms with van der Waals surface area (Å²) < 4.78 is 0. The van der Waals surface area contributed by atoms with Gasteiger partial charge in [-0.25, -0.2) is 4.79 Å². The molecule has 6 heteroatoms. The number of aliphatic hydroxyl groups is 2. The number of hydrogen-bond acceptors (Lipinski definition) is 4. The Kier molecular flexibility index (Phi) is 4.09. The van der Waals surface area contributed by atoms with Crippen LogP contribution in [0.5, 0.6) is 0 Å². The summed E-state index contributed by atoms with van der Waals surface area (Å²) in [5.74, 6) is -1.09. The number of aliphatic hydroxyl groups excluding tert-OH is 2. The van der Waals surface area contributed by atoms with Crippen LogP contribution in [0.15, 0.2) is 47.9 Å². The fourth-order valence-corrected chi connectivity index (χ4v) is 1.98. The lowest BCUT2D eigenvalue weighted by Crippen LogP contribution is -2.51. The number of urea groups is 1. The second-order valence-corrected chi connectivity index (χ2v) is 4.67. The van der Waals surface area contributed by atoms with E-state index in [4.69, 9.17) is 0 Å². The number of rotatable bonds is 3. The van der Waals surface area contributed by atoms with Crippen LogP contribution in [0, 0.1) is 0 Å². The summed E-state index contributed by atoms with van der Waals surface area (Å²) in [7, 11) is 2.68. The van der Waals surface area contributed by atoms with Gasteiger partial charge >= 0.3 is 6.03 Å². The van der Waals surface area contributed by atoms with Gasteiger partial charge in [-0.3, -0.25) is 14.6 Å². The standard InChI is InChI=1S/C15H16N2O4/c1-16-13(19)12(14(20)17(2)15(16)21)11(18)9-8-10-6-4-3-5-7-10/h3-9,13,19-20H,1-2H3/b9-8+. The van der Waals surface area contributed by atoms with Crippen LogP contribution in [0.1, 0.15) is 5.56 Å². The molecule has 0 saturated heterocycles. The van der Waals surface area contributed by atoms with E-state index in [-0.39, 0.29) is 5.57 Å². The normalized spacial score (nSPS) is 19.6. The largest absolute Gasteiger partial charge is 0.494 e. The zero-order chi connectivity index (χ0) is 15.6. The quantitative estimate of drug-likeness (QED) is 0.823. The molecule has 1 atom stereocenters. The molecule has 0 spiro atoms. The molecule has 0 aromatic heterocycles. The van der Waals surface area contributed by atoms with Gasteiger partial charge in [0.05, 0.1) is 0 Å². The molecule has 1 aliphatic heterocycles. The van der Waals surface area contributed by atoms with E-state index in [0.717, 1.165) is 15.4 Å². The van der Waals surface area contributed by atoms with Crippen molar-refractivity contribution >= 4 is 17.9 Å². The molecule has 1 aromatic rings. The van der Waals surface area contributed by atoms with Gasteiger partial charge in [0.2, 0.25) is 5.88 Å². The van der Waals surface area contributed by atoms with Crippen LogP contribution in [0.25, 0.3) is 6.08 Å². The summed E-state index contributed by atoms with van der Waals surface area (Å²) >= 11 is 0. The average Bonchev–Trinajstić information content (AvgIpc) is 2.50. The molecule has 0 fully saturated rings. The van der Waals surface area contributed by atoms with Crippen molar-refractivity contribution in [1.29, 1.82) is 0 Å². The first-order valence-corrected chi connectivity index (χ1v) is 6.32. The Morgan fingerprint density at radius 3 is 2.48 bits per heavy atom. The second kappa shape index (κ2) is 5.80. The molecule has 1 heterocycles. The molecule has 110 valence electrons. The number of hydrogen-bond donors (Lipinski definition) is 2. The monoisotopic (exact) mass is 288 g/mol. The predicted octanol–water partition coefficient (Wildman–Crippen LogP) is 1.35. The number of likely N-dealkylation sites (N-methyl/N-ethyl adjacent to an activating group) is 1. The summed E-state index contributed by atoms with van der Waals surface area (Å²) in [5.41, 5.74) is 0.584. The Hall–Kier alpha value is -2.60. The van der Waals surface area contributed by atoms with Gasteiger partial charge in [-0.2, -0.15) is 0 Å². The summed E-state index contributed by atoms with van der Waals surface area (Å²) in [6.45, 7) is 0. The molecule has 2 N–H and O–H groups in total. The zero-order valence-electron chi connectivity index (χ0n) is 11.7. The van der Waals surface area contributed by atoms with Crippen LogP contribution < -0.4 is 0 Å². The van der Waals surface area contributed by atoms with E-state index in [1.54, 1.807) is 6.08 Å². The Labute approximate surface area is 122 Å². The third-order valence-electron chi connectivity index (χ3n) is 3.26. The molecule has 2 rings (SSSR count). The maximum atomic E-state index is 12.2. The SMILES string of the molecule is CN1C(=O)N(C)C(O)C(C(=O)/C=C/c2ccccc2)=C1O. The highest BCUT2D eigenvalue weighted by atomic mass is 16.3. The average molecular weight is 288 g/mol. The number of ketones is 1. The fourth-order valence-electron chi connectivity index (χ4n) is 1.98. The maximum Gasteiger partial charge on any atom is 0.328 e. The van der Waals surface area contributed by atoms with Crippen molar-refractivity contribution in [2.45, 2.75) is 6.23 Å². The number of nitrogens with zero attached hydrogens (tertiary/aromatic N) is 2. The fraction of sp³-hybridized carbons (Fsp3) is 0.200. The highest BCUT2D eigenvalue weighted by Gasteiger charge is 2.37. The van der Waals surface area contributed by atoms with Crippen LogP contribution in [0.3, 0.4) is 0 Å². The van der Waals surface area contributed by atoms with E-state index >= 15 is 0 Å². The Bertz CT molecular complexity index is 622. The van der Waals surface area contributed by atoms with E-state index in [1.807, 2.05) is 30.3 Å². The molecule has 1 aliphatic rings. The van der Waals surface area contributed by atoms with Gasteiger partial charge < -0.3 is 10.2 Å². The van der Waals surface area contributed by atoms with Crippen molar-refractivity contribution in [2.75, 3.05) is 14.1 Å². The summed E-state index contributed by atoms with van der Waals surface area (Å²) in [4.78, 5) is 25.7. The third kappa shape index (κ3) is 2.80. The van der Waals surface area contributed by atoms with E-state index in [1.165, 1.54) is 20.2 Å². The molecule has 2 amide bonds. The van der Waals surface area contributed by atoms with Gasteiger partial charge in [0.15, 0.2) is 12.0 Å². The minimum absolute atomic E-state index is 0.230. The van der Waals surface area contributed by atoms with Crippen LogP contribution in [-0.2, 0) is 4.79 Å². The van der Waals surface area contributed by atoms with E-state index in [0.29, 0.717) is 0 Å². The van der Waals surface area contributed by atoms with Gasteiger partial charge in [-0.1, -0.05) is 36.4 Å². The molecule has 6 nitrogen and oxygen atoms in total. The van der Waals surface area contributed by atoms with Crippen LogP contribution >= 0.6 is 0 Å². The molecular weight excluding hydrogens is 272 g/mol. The molecular formula is C15H16N2O4. The molecule has 1 aromatic carbocycles.